The fraction of sp³-hybridized carbons (Fsp3) is 0.667. The third-order valence-corrected chi connectivity index (χ3v) is 1.26. The normalized spacial score (nSPS) is 27.4. The highest BCUT2D eigenvalue weighted by Crippen LogP contribution is 2.05. The van der Waals surface area contributed by atoms with E-state index in [1.54, 1.807) is 6.26 Å². The van der Waals surface area contributed by atoms with Crippen LogP contribution in [0.2, 0.25) is 0 Å². The monoisotopic (exact) mass is 113 g/mol. The Kier molecular flexibility index (Phi) is 1.92. The first-order valence-corrected chi connectivity index (χ1v) is 2.91. The van der Waals surface area contributed by atoms with Gasteiger partial charge in [-0.3, -0.25) is 5.32 Å². The molecule has 1 aliphatic rings. The first kappa shape index (κ1) is 5.63. The van der Waals surface area contributed by atoms with Crippen molar-refractivity contribution in [1.29, 1.82) is 0 Å². The summed E-state index contributed by atoms with van der Waals surface area (Å²) in [6.45, 7) is 0. The minimum absolute atomic E-state index is 0.250. The van der Waals surface area contributed by atoms with Gasteiger partial charge in [-0.05, 0) is 19.5 Å². The first-order chi connectivity index (χ1) is 3.93. The van der Waals surface area contributed by atoms with E-state index in [-0.39, 0.29) is 6.23 Å². The minimum atomic E-state index is 0.250. The van der Waals surface area contributed by atoms with Crippen LogP contribution in [0.15, 0.2) is 12.3 Å². The number of nitrogens with one attached hydrogen (secondary N) is 1. The molecule has 1 rings (SSSR count). The van der Waals surface area contributed by atoms with Crippen molar-refractivity contribution in [1.82, 2.24) is 5.32 Å². The second-order valence-electron chi connectivity index (χ2n) is 1.86. The molecule has 8 heavy (non-hydrogen) atoms. The molecule has 1 aliphatic heterocycles. The lowest BCUT2D eigenvalue weighted by molar-refractivity contribution is 0.100. The lowest BCUT2D eigenvalue weighted by Gasteiger charge is -2.17. The summed E-state index contributed by atoms with van der Waals surface area (Å²) in [5.74, 6) is 0. The van der Waals surface area contributed by atoms with Crippen molar-refractivity contribution in [3.8, 4) is 0 Å². The van der Waals surface area contributed by atoms with Gasteiger partial charge in [0.05, 0.1) is 6.26 Å². The van der Waals surface area contributed by atoms with Crippen LogP contribution in [0.25, 0.3) is 0 Å². The lowest BCUT2D eigenvalue weighted by atomic mass is 10.2. The van der Waals surface area contributed by atoms with E-state index in [9.17, 15) is 0 Å². The van der Waals surface area contributed by atoms with Gasteiger partial charge < -0.3 is 4.74 Å². The standard InChI is InChI=1S/C6H11NO/c1-7-6-4-2-3-5-8-6/h3,5-7H,2,4H2,1H3/t6-/m1/s1. The maximum absolute atomic E-state index is 5.14. The van der Waals surface area contributed by atoms with E-state index >= 15 is 0 Å². The van der Waals surface area contributed by atoms with Gasteiger partial charge in [0, 0.05) is 6.42 Å². The lowest BCUT2D eigenvalue weighted by Crippen LogP contribution is -2.27. The van der Waals surface area contributed by atoms with Crippen LogP contribution < -0.4 is 5.32 Å². The minimum Gasteiger partial charge on any atom is -0.483 e. The summed E-state index contributed by atoms with van der Waals surface area (Å²) in [4.78, 5) is 0. The van der Waals surface area contributed by atoms with Gasteiger partial charge in [-0.2, -0.15) is 0 Å². The number of hydrogen-bond donors (Lipinski definition) is 1. The molecule has 0 saturated carbocycles. The zero-order chi connectivity index (χ0) is 5.82. The van der Waals surface area contributed by atoms with Crippen molar-refractivity contribution in [2.24, 2.45) is 0 Å². The predicted octanol–water partition coefficient (Wildman–Crippen LogP) is 0.856. The molecule has 1 N–H and O–H groups in total. The molecule has 0 amide bonds. The van der Waals surface area contributed by atoms with Crippen LogP contribution in [-0.4, -0.2) is 13.3 Å². The quantitative estimate of drug-likeness (QED) is 0.544. The van der Waals surface area contributed by atoms with Crippen molar-refractivity contribution in [2.45, 2.75) is 19.1 Å². The van der Waals surface area contributed by atoms with Gasteiger partial charge in [0.2, 0.25) is 0 Å². The average Bonchev–Trinajstić information content (AvgIpc) is 1.90. The van der Waals surface area contributed by atoms with E-state index in [0.717, 1.165) is 12.8 Å². The van der Waals surface area contributed by atoms with Gasteiger partial charge in [-0.1, -0.05) is 0 Å². The van der Waals surface area contributed by atoms with Crippen LogP contribution in [0, 0.1) is 0 Å². The first-order valence-electron chi connectivity index (χ1n) is 2.91. The Morgan fingerprint density at radius 1 is 1.75 bits per heavy atom. The maximum Gasteiger partial charge on any atom is 0.149 e. The fourth-order valence-corrected chi connectivity index (χ4v) is 0.746. The van der Waals surface area contributed by atoms with Crippen LogP contribution in [0.4, 0.5) is 0 Å². The summed E-state index contributed by atoms with van der Waals surface area (Å²) in [7, 11) is 1.91. The van der Waals surface area contributed by atoms with E-state index in [1.165, 1.54) is 0 Å². The Bertz CT molecular complexity index is 90.5. The van der Waals surface area contributed by atoms with E-state index in [1.807, 2.05) is 13.1 Å². The summed E-state index contributed by atoms with van der Waals surface area (Å²) in [5, 5.41) is 3.03. The van der Waals surface area contributed by atoms with Crippen molar-refractivity contribution < 1.29 is 4.74 Å². The second kappa shape index (κ2) is 2.72. The number of ether oxygens (including phenoxy) is 1. The molecule has 1 heterocycles. The predicted molar refractivity (Wildman–Crippen MR) is 32.3 cm³/mol. The van der Waals surface area contributed by atoms with Crippen LogP contribution >= 0.6 is 0 Å². The Hall–Kier alpha value is -0.500. The topological polar surface area (TPSA) is 21.3 Å². The molecular formula is C6H11NO. The molecule has 0 aromatic rings. The summed E-state index contributed by atoms with van der Waals surface area (Å²) >= 11 is 0. The number of allylic oxidation sites excluding steroid dienone is 1. The molecular weight excluding hydrogens is 102 g/mol. The highest BCUT2D eigenvalue weighted by Gasteiger charge is 2.05. The van der Waals surface area contributed by atoms with E-state index in [2.05, 4.69) is 5.32 Å². The van der Waals surface area contributed by atoms with Gasteiger partial charge >= 0.3 is 0 Å². The Labute approximate surface area is 49.5 Å². The highest BCUT2D eigenvalue weighted by molar-refractivity contribution is 4.80. The third-order valence-electron chi connectivity index (χ3n) is 1.26. The van der Waals surface area contributed by atoms with Crippen molar-refractivity contribution in [2.75, 3.05) is 7.05 Å². The second-order valence-corrected chi connectivity index (χ2v) is 1.86. The molecule has 0 radical (unpaired) electrons. The molecule has 2 heteroatoms. The summed E-state index contributed by atoms with van der Waals surface area (Å²) in [6.07, 6.45) is 6.26. The smallest absolute Gasteiger partial charge is 0.149 e. The summed E-state index contributed by atoms with van der Waals surface area (Å²) in [6, 6.07) is 0. The van der Waals surface area contributed by atoms with Gasteiger partial charge in [0.15, 0.2) is 0 Å². The average molecular weight is 113 g/mol. The number of hydrogen-bond acceptors (Lipinski definition) is 2. The van der Waals surface area contributed by atoms with Gasteiger partial charge in [-0.15, -0.1) is 0 Å². The largest absolute Gasteiger partial charge is 0.483 e. The summed E-state index contributed by atoms with van der Waals surface area (Å²) in [5.41, 5.74) is 0. The van der Waals surface area contributed by atoms with Crippen LogP contribution in [-0.2, 0) is 4.74 Å². The molecule has 0 aromatic carbocycles. The molecule has 0 aromatic heterocycles. The zero-order valence-electron chi connectivity index (χ0n) is 5.05. The van der Waals surface area contributed by atoms with Crippen molar-refractivity contribution in [3.63, 3.8) is 0 Å². The van der Waals surface area contributed by atoms with E-state index in [0.29, 0.717) is 0 Å². The molecule has 0 spiro atoms. The number of rotatable bonds is 1. The molecule has 0 fully saturated rings. The SMILES string of the molecule is CN[C@H]1CCC=CO1. The third kappa shape index (κ3) is 1.23. The van der Waals surface area contributed by atoms with Gasteiger partial charge in [0.25, 0.3) is 0 Å². The molecule has 0 saturated heterocycles. The maximum atomic E-state index is 5.14. The van der Waals surface area contributed by atoms with Gasteiger partial charge in [-0.25, -0.2) is 0 Å². The molecule has 0 bridgehead atoms. The highest BCUT2D eigenvalue weighted by atomic mass is 16.5. The molecule has 0 unspecified atom stereocenters. The molecule has 46 valence electrons. The molecule has 1 atom stereocenters. The van der Waals surface area contributed by atoms with E-state index in [4.69, 9.17) is 4.74 Å². The van der Waals surface area contributed by atoms with Crippen LogP contribution in [0.1, 0.15) is 12.8 Å². The van der Waals surface area contributed by atoms with Crippen LogP contribution in [0.5, 0.6) is 0 Å². The fourth-order valence-electron chi connectivity index (χ4n) is 0.746. The molecule has 0 aliphatic carbocycles. The Morgan fingerprint density at radius 2 is 2.62 bits per heavy atom. The van der Waals surface area contributed by atoms with Crippen molar-refractivity contribution >= 4 is 0 Å². The zero-order valence-corrected chi connectivity index (χ0v) is 5.05. The van der Waals surface area contributed by atoms with E-state index < -0.39 is 0 Å². The van der Waals surface area contributed by atoms with Crippen molar-refractivity contribution in [3.05, 3.63) is 12.3 Å². The Balaban J connectivity index is 2.27. The Morgan fingerprint density at radius 3 is 3.00 bits per heavy atom. The van der Waals surface area contributed by atoms with Gasteiger partial charge in [0.1, 0.15) is 6.23 Å². The summed E-state index contributed by atoms with van der Waals surface area (Å²) < 4.78 is 5.14. The molecule has 2 nitrogen and oxygen atoms in total. The van der Waals surface area contributed by atoms with Crippen LogP contribution in [0.3, 0.4) is 0 Å².